The maximum atomic E-state index is 12.9. The van der Waals surface area contributed by atoms with Gasteiger partial charge in [-0.15, -0.1) is 0 Å². The van der Waals surface area contributed by atoms with Gasteiger partial charge in [-0.25, -0.2) is 0 Å². The van der Waals surface area contributed by atoms with E-state index in [1.54, 1.807) is 29.2 Å². The second-order valence-corrected chi connectivity index (χ2v) is 6.46. The van der Waals surface area contributed by atoms with Gasteiger partial charge in [0.1, 0.15) is 0 Å². The molecule has 26 heavy (non-hydrogen) atoms. The SMILES string of the molecule is O=CNC1(c2nccc3nn(Cc4cccc(C(F)(F)F)c4)cc23)CC1. The molecule has 1 aliphatic carbocycles. The fourth-order valence-corrected chi connectivity index (χ4v) is 3.18. The van der Waals surface area contributed by atoms with Crippen LogP contribution in [0.5, 0.6) is 0 Å². The summed E-state index contributed by atoms with van der Waals surface area (Å²) in [5, 5.41) is 8.06. The average Bonchev–Trinajstić information content (AvgIpc) is 3.25. The number of carbonyl (C=O) groups excluding carboxylic acids is 1. The molecule has 5 nitrogen and oxygen atoms in total. The van der Waals surface area contributed by atoms with E-state index in [-0.39, 0.29) is 6.54 Å². The second-order valence-electron chi connectivity index (χ2n) is 6.46. The van der Waals surface area contributed by atoms with Crippen LogP contribution in [0, 0.1) is 0 Å². The van der Waals surface area contributed by atoms with Crippen molar-refractivity contribution in [3.8, 4) is 0 Å². The van der Waals surface area contributed by atoms with Gasteiger partial charge in [0.05, 0.1) is 28.9 Å². The Hall–Kier alpha value is -2.90. The highest BCUT2D eigenvalue weighted by Crippen LogP contribution is 2.46. The third-order valence-corrected chi connectivity index (χ3v) is 4.62. The zero-order valence-corrected chi connectivity index (χ0v) is 13.6. The zero-order valence-electron chi connectivity index (χ0n) is 13.6. The van der Waals surface area contributed by atoms with Crippen LogP contribution >= 0.6 is 0 Å². The summed E-state index contributed by atoms with van der Waals surface area (Å²) in [6.45, 7) is 0.214. The Bertz CT molecular complexity index is 976. The molecule has 134 valence electrons. The summed E-state index contributed by atoms with van der Waals surface area (Å²) in [5.74, 6) is 0. The van der Waals surface area contributed by atoms with Crippen LogP contribution in [0.15, 0.2) is 42.7 Å². The van der Waals surface area contributed by atoms with Crippen LogP contribution in [0.2, 0.25) is 0 Å². The maximum Gasteiger partial charge on any atom is 0.416 e. The normalized spacial score (nSPS) is 15.8. The Balaban J connectivity index is 1.68. The number of pyridine rings is 1. The lowest BCUT2D eigenvalue weighted by Crippen LogP contribution is -2.28. The lowest BCUT2D eigenvalue weighted by molar-refractivity contribution is -0.137. The van der Waals surface area contributed by atoms with Crippen molar-refractivity contribution in [2.75, 3.05) is 0 Å². The lowest BCUT2D eigenvalue weighted by atomic mass is 10.1. The van der Waals surface area contributed by atoms with E-state index in [9.17, 15) is 18.0 Å². The molecule has 8 heteroatoms. The number of fused-ring (bicyclic) bond motifs is 1. The van der Waals surface area contributed by atoms with Gasteiger partial charge in [0.15, 0.2) is 0 Å². The first-order valence-corrected chi connectivity index (χ1v) is 8.11. The minimum Gasteiger partial charge on any atom is -0.348 e. The maximum absolute atomic E-state index is 12.9. The van der Waals surface area contributed by atoms with Crippen LogP contribution < -0.4 is 5.32 Å². The van der Waals surface area contributed by atoms with Crippen molar-refractivity contribution in [2.24, 2.45) is 0 Å². The molecule has 1 N–H and O–H groups in total. The fraction of sp³-hybridized carbons (Fsp3) is 0.278. The first kappa shape index (κ1) is 16.6. The second kappa shape index (κ2) is 5.82. The summed E-state index contributed by atoms with van der Waals surface area (Å²) in [6, 6.07) is 6.95. The smallest absolute Gasteiger partial charge is 0.348 e. The first-order valence-electron chi connectivity index (χ1n) is 8.11. The highest BCUT2D eigenvalue weighted by molar-refractivity contribution is 5.82. The molecule has 3 aromatic rings. The van der Waals surface area contributed by atoms with Crippen LogP contribution in [0.4, 0.5) is 13.2 Å². The fourth-order valence-electron chi connectivity index (χ4n) is 3.18. The number of alkyl halides is 3. The molecular weight excluding hydrogens is 345 g/mol. The van der Waals surface area contributed by atoms with E-state index < -0.39 is 17.3 Å². The van der Waals surface area contributed by atoms with Gasteiger partial charge in [-0.3, -0.25) is 14.5 Å². The van der Waals surface area contributed by atoms with Crippen LogP contribution in [-0.4, -0.2) is 21.2 Å². The van der Waals surface area contributed by atoms with E-state index >= 15 is 0 Å². The molecule has 0 bridgehead atoms. The molecule has 0 saturated heterocycles. The molecule has 0 unspecified atom stereocenters. The topological polar surface area (TPSA) is 59.8 Å². The van der Waals surface area contributed by atoms with Gasteiger partial charge in [0, 0.05) is 17.8 Å². The molecule has 2 aromatic heterocycles. The Kier molecular flexibility index (Phi) is 3.71. The van der Waals surface area contributed by atoms with Crippen LogP contribution in [0.25, 0.3) is 10.9 Å². The number of halogens is 3. The monoisotopic (exact) mass is 360 g/mol. The van der Waals surface area contributed by atoms with Crippen LogP contribution in [-0.2, 0) is 23.1 Å². The number of aromatic nitrogens is 3. The molecule has 1 fully saturated rings. The molecule has 0 radical (unpaired) electrons. The van der Waals surface area contributed by atoms with Gasteiger partial charge in [-0.1, -0.05) is 12.1 Å². The Morgan fingerprint density at radius 1 is 1.27 bits per heavy atom. The van der Waals surface area contributed by atoms with E-state index in [0.717, 1.165) is 36.1 Å². The van der Waals surface area contributed by atoms with Crippen molar-refractivity contribution in [1.29, 1.82) is 0 Å². The van der Waals surface area contributed by atoms with Crippen molar-refractivity contribution in [1.82, 2.24) is 20.1 Å². The van der Waals surface area contributed by atoms with Crippen molar-refractivity contribution in [3.05, 3.63) is 59.5 Å². The summed E-state index contributed by atoms with van der Waals surface area (Å²) in [7, 11) is 0. The Morgan fingerprint density at radius 3 is 2.77 bits per heavy atom. The van der Waals surface area contributed by atoms with Crippen molar-refractivity contribution in [2.45, 2.75) is 31.1 Å². The molecule has 4 rings (SSSR count). The highest BCUT2D eigenvalue weighted by atomic mass is 19.4. The van der Waals surface area contributed by atoms with Crippen molar-refractivity contribution < 1.29 is 18.0 Å². The van der Waals surface area contributed by atoms with Gasteiger partial charge >= 0.3 is 6.18 Å². The third kappa shape index (κ3) is 2.91. The van der Waals surface area contributed by atoms with E-state index in [1.807, 2.05) is 0 Å². The van der Waals surface area contributed by atoms with E-state index in [4.69, 9.17) is 0 Å². The third-order valence-electron chi connectivity index (χ3n) is 4.62. The first-order chi connectivity index (χ1) is 12.4. The average molecular weight is 360 g/mol. The highest BCUT2D eigenvalue weighted by Gasteiger charge is 2.46. The van der Waals surface area contributed by atoms with E-state index in [0.29, 0.717) is 17.5 Å². The summed E-state index contributed by atoms with van der Waals surface area (Å²) in [5.41, 5.74) is 0.819. The summed E-state index contributed by atoms with van der Waals surface area (Å²) >= 11 is 0. The quantitative estimate of drug-likeness (QED) is 0.711. The molecule has 1 aliphatic rings. The molecule has 1 saturated carbocycles. The number of nitrogens with zero attached hydrogens (tertiary/aromatic N) is 3. The van der Waals surface area contributed by atoms with E-state index in [1.165, 1.54) is 6.07 Å². The number of hydrogen-bond donors (Lipinski definition) is 1. The Morgan fingerprint density at radius 2 is 2.08 bits per heavy atom. The van der Waals surface area contributed by atoms with Crippen molar-refractivity contribution in [3.63, 3.8) is 0 Å². The van der Waals surface area contributed by atoms with Crippen LogP contribution in [0.1, 0.15) is 29.7 Å². The number of nitrogens with one attached hydrogen (secondary N) is 1. The summed E-state index contributed by atoms with van der Waals surface area (Å²) in [4.78, 5) is 15.3. The predicted octanol–water partition coefficient (Wildman–Crippen LogP) is 3.23. The minimum absolute atomic E-state index is 0.214. The largest absolute Gasteiger partial charge is 0.416 e. The number of amides is 1. The summed E-state index contributed by atoms with van der Waals surface area (Å²) in [6.07, 6.45) is 1.30. The molecular formula is C18H15F3N4O. The lowest BCUT2D eigenvalue weighted by Gasteiger charge is -2.13. The number of rotatable bonds is 5. The molecule has 2 heterocycles. The van der Waals surface area contributed by atoms with Gasteiger partial charge in [0.25, 0.3) is 0 Å². The van der Waals surface area contributed by atoms with Gasteiger partial charge < -0.3 is 5.32 Å². The van der Waals surface area contributed by atoms with Crippen LogP contribution in [0.3, 0.4) is 0 Å². The zero-order chi connectivity index (χ0) is 18.4. The number of hydrogen-bond acceptors (Lipinski definition) is 3. The number of benzene rings is 1. The molecule has 1 aromatic carbocycles. The van der Waals surface area contributed by atoms with Gasteiger partial charge in [-0.05, 0) is 36.6 Å². The molecule has 0 atom stereocenters. The van der Waals surface area contributed by atoms with Crippen molar-refractivity contribution >= 4 is 17.3 Å². The Labute approximate surface area is 146 Å². The predicted molar refractivity (Wildman–Crippen MR) is 88.2 cm³/mol. The van der Waals surface area contributed by atoms with Gasteiger partial charge in [-0.2, -0.15) is 18.3 Å². The molecule has 0 spiro atoms. The summed E-state index contributed by atoms with van der Waals surface area (Å²) < 4.78 is 40.2. The molecule has 0 aliphatic heterocycles. The molecule has 1 amide bonds. The number of carbonyl (C=O) groups is 1. The minimum atomic E-state index is -4.37. The van der Waals surface area contributed by atoms with E-state index in [2.05, 4.69) is 15.4 Å². The van der Waals surface area contributed by atoms with Gasteiger partial charge in [0.2, 0.25) is 6.41 Å². The standard InChI is InChI=1S/C18H15F3N4O/c19-18(20,21)13-3-1-2-12(8-13)9-25-10-14-15(24-25)4-7-22-16(14)17(5-6-17)23-11-26/h1-4,7-8,10-11H,5-6,9H2,(H,23,26).